The Morgan fingerprint density at radius 2 is 1.95 bits per heavy atom. The number of ether oxygens (including phenoxy) is 2. The van der Waals surface area contributed by atoms with Crippen molar-refractivity contribution in [1.29, 1.82) is 0 Å². The molecule has 4 heteroatoms. The molecule has 1 fully saturated rings. The number of methoxy groups -OCH3 is 1. The van der Waals surface area contributed by atoms with Crippen LogP contribution in [0.3, 0.4) is 0 Å². The first-order valence-electron chi connectivity index (χ1n) is 7.15. The summed E-state index contributed by atoms with van der Waals surface area (Å²) in [6, 6.07) is 5.24. The maximum absolute atomic E-state index is 13.9. The summed E-state index contributed by atoms with van der Waals surface area (Å²) in [5, 5.41) is 3.32. The molecule has 1 N–H and O–H groups in total. The van der Waals surface area contributed by atoms with Gasteiger partial charge in [0.05, 0.1) is 19.3 Å². The molecular weight excluding hydrogens is 257 g/mol. The number of halogens is 1. The van der Waals surface area contributed by atoms with Crippen LogP contribution < -0.4 is 10.1 Å². The first-order chi connectivity index (χ1) is 9.49. The molecular formula is C16H24FNO2. The van der Waals surface area contributed by atoms with Crippen molar-refractivity contribution in [3.05, 3.63) is 29.6 Å². The number of hydrogen-bond acceptors (Lipinski definition) is 3. The van der Waals surface area contributed by atoms with Crippen molar-refractivity contribution >= 4 is 0 Å². The van der Waals surface area contributed by atoms with E-state index in [9.17, 15) is 4.39 Å². The quantitative estimate of drug-likeness (QED) is 0.919. The molecule has 112 valence electrons. The molecule has 1 aliphatic heterocycles. The van der Waals surface area contributed by atoms with Crippen LogP contribution in [0.1, 0.15) is 32.4 Å². The molecule has 5 unspecified atom stereocenters. The molecule has 1 saturated heterocycles. The van der Waals surface area contributed by atoms with Gasteiger partial charge in [0.1, 0.15) is 0 Å². The highest BCUT2D eigenvalue weighted by Crippen LogP contribution is 2.40. The lowest BCUT2D eigenvalue weighted by Crippen LogP contribution is -2.33. The van der Waals surface area contributed by atoms with E-state index >= 15 is 0 Å². The Labute approximate surface area is 120 Å². The van der Waals surface area contributed by atoms with E-state index in [1.807, 2.05) is 13.1 Å². The van der Waals surface area contributed by atoms with E-state index in [2.05, 4.69) is 26.1 Å². The Bertz CT molecular complexity index is 466. The third-order valence-electron chi connectivity index (χ3n) is 4.55. The van der Waals surface area contributed by atoms with Gasteiger partial charge in [-0.15, -0.1) is 0 Å². The Hall–Kier alpha value is -1.13. The summed E-state index contributed by atoms with van der Waals surface area (Å²) in [7, 11) is 3.39. The van der Waals surface area contributed by atoms with Crippen LogP contribution in [-0.4, -0.2) is 26.4 Å². The highest BCUT2D eigenvalue weighted by atomic mass is 19.1. The Morgan fingerprint density at radius 1 is 1.25 bits per heavy atom. The highest BCUT2D eigenvalue weighted by Gasteiger charge is 2.41. The standard InChI is InChI=1S/C16H24FNO2/c1-9-10(2)20-11(3)15(9)16(18-4)12-6-7-14(19-5)13(17)8-12/h6-11,15-16,18H,1-5H3. The number of rotatable bonds is 4. The largest absolute Gasteiger partial charge is 0.494 e. The van der Waals surface area contributed by atoms with Gasteiger partial charge in [-0.1, -0.05) is 13.0 Å². The van der Waals surface area contributed by atoms with Gasteiger partial charge < -0.3 is 14.8 Å². The van der Waals surface area contributed by atoms with Crippen LogP contribution in [-0.2, 0) is 4.74 Å². The Morgan fingerprint density at radius 3 is 2.40 bits per heavy atom. The lowest BCUT2D eigenvalue weighted by Gasteiger charge is -2.29. The molecule has 0 saturated carbocycles. The topological polar surface area (TPSA) is 30.5 Å². The average molecular weight is 281 g/mol. The monoisotopic (exact) mass is 281 g/mol. The van der Waals surface area contributed by atoms with Crippen LogP contribution in [0.15, 0.2) is 18.2 Å². The fourth-order valence-corrected chi connectivity index (χ4v) is 3.33. The van der Waals surface area contributed by atoms with E-state index in [0.717, 1.165) is 5.56 Å². The van der Waals surface area contributed by atoms with Crippen molar-refractivity contribution in [3.63, 3.8) is 0 Å². The van der Waals surface area contributed by atoms with E-state index in [1.54, 1.807) is 12.1 Å². The molecule has 0 bridgehead atoms. The molecule has 0 aliphatic carbocycles. The van der Waals surface area contributed by atoms with Crippen LogP contribution in [0.2, 0.25) is 0 Å². The summed E-state index contributed by atoms with van der Waals surface area (Å²) in [6.07, 6.45) is 0.386. The van der Waals surface area contributed by atoms with Crippen molar-refractivity contribution in [2.45, 2.75) is 39.0 Å². The van der Waals surface area contributed by atoms with E-state index in [0.29, 0.717) is 11.8 Å². The lowest BCUT2D eigenvalue weighted by molar-refractivity contribution is 0.0478. The van der Waals surface area contributed by atoms with Crippen LogP contribution in [0.4, 0.5) is 4.39 Å². The first-order valence-corrected chi connectivity index (χ1v) is 7.15. The maximum Gasteiger partial charge on any atom is 0.165 e. The van der Waals surface area contributed by atoms with Crippen LogP contribution >= 0.6 is 0 Å². The SMILES string of the molecule is CNC(c1ccc(OC)c(F)c1)C1C(C)OC(C)C1C. The maximum atomic E-state index is 13.9. The highest BCUT2D eigenvalue weighted by molar-refractivity contribution is 5.31. The first kappa shape index (κ1) is 15.3. The summed E-state index contributed by atoms with van der Waals surface area (Å²) in [4.78, 5) is 0. The summed E-state index contributed by atoms with van der Waals surface area (Å²) in [6.45, 7) is 6.39. The second-order valence-electron chi connectivity index (χ2n) is 5.64. The molecule has 1 heterocycles. The van der Waals surface area contributed by atoms with E-state index in [1.165, 1.54) is 7.11 Å². The molecule has 0 spiro atoms. The number of nitrogens with one attached hydrogen (secondary N) is 1. The molecule has 0 amide bonds. The Kier molecular flexibility index (Phi) is 4.66. The van der Waals surface area contributed by atoms with Crippen LogP contribution in [0, 0.1) is 17.7 Å². The zero-order chi connectivity index (χ0) is 14.9. The van der Waals surface area contributed by atoms with Gasteiger partial charge in [-0.2, -0.15) is 0 Å². The third kappa shape index (κ3) is 2.67. The minimum absolute atomic E-state index is 0.0744. The second-order valence-corrected chi connectivity index (χ2v) is 5.64. The van der Waals surface area contributed by atoms with Gasteiger partial charge in [-0.3, -0.25) is 0 Å². The molecule has 0 radical (unpaired) electrons. The lowest BCUT2D eigenvalue weighted by atomic mass is 9.80. The fourth-order valence-electron chi connectivity index (χ4n) is 3.33. The molecule has 0 aromatic heterocycles. The third-order valence-corrected chi connectivity index (χ3v) is 4.55. The predicted molar refractivity (Wildman–Crippen MR) is 77.4 cm³/mol. The molecule has 1 aromatic rings. The average Bonchev–Trinajstić information content (AvgIpc) is 2.66. The zero-order valence-corrected chi connectivity index (χ0v) is 12.8. The van der Waals surface area contributed by atoms with Crippen molar-refractivity contribution < 1.29 is 13.9 Å². The smallest absolute Gasteiger partial charge is 0.165 e. The summed E-state index contributed by atoms with van der Waals surface area (Å²) in [5.74, 6) is 0.702. The van der Waals surface area contributed by atoms with Crippen molar-refractivity contribution in [1.82, 2.24) is 5.32 Å². The van der Waals surface area contributed by atoms with Gasteiger partial charge in [0.25, 0.3) is 0 Å². The normalized spacial score (nSPS) is 31.3. The van der Waals surface area contributed by atoms with Crippen LogP contribution in [0.25, 0.3) is 0 Å². The van der Waals surface area contributed by atoms with Gasteiger partial charge >= 0.3 is 0 Å². The molecule has 20 heavy (non-hydrogen) atoms. The van der Waals surface area contributed by atoms with Gasteiger partial charge in [0.15, 0.2) is 11.6 Å². The zero-order valence-electron chi connectivity index (χ0n) is 12.8. The molecule has 1 aliphatic rings. The van der Waals surface area contributed by atoms with Crippen molar-refractivity contribution in [2.24, 2.45) is 11.8 Å². The van der Waals surface area contributed by atoms with E-state index < -0.39 is 0 Å². The van der Waals surface area contributed by atoms with Crippen LogP contribution in [0.5, 0.6) is 5.75 Å². The fraction of sp³-hybridized carbons (Fsp3) is 0.625. The minimum Gasteiger partial charge on any atom is -0.494 e. The van der Waals surface area contributed by atoms with Gasteiger partial charge in [0.2, 0.25) is 0 Å². The van der Waals surface area contributed by atoms with E-state index in [-0.39, 0.29) is 29.8 Å². The summed E-state index contributed by atoms with van der Waals surface area (Å²) >= 11 is 0. The van der Waals surface area contributed by atoms with Gasteiger partial charge in [-0.05, 0) is 44.5 Å². The van der Waals surface area contributed by atoms with Crippen molar-refractivity contribution in [3.8, 4) is 5.75 Å². The second kappa shape index (κ2) is 6.10. The summed E-state index contributed by atoms with van der Waals surface area (Å²) in [5.41, 5.74) is 0.937. The molecule has 5 atom stereocenters. The molecule has 1 aromatic carbocycles. The van der Waals surface area contributed by atoms with Gasteiger partial charge in [-0.25, -0.2) is 4.39 Å². The van der Waals surface area contributed by atoms with Crippen molar-refractivity contribution in [2.75, 3.05) is 14.2 Å². The predicted octanol–water partition coefficient (Wildman–Crippen LogP) is 3.15. The Balaban J connectivity index is 2.30. The number of hydrogen-bond donors (Lipinski definition) is 1. The van der Waals surface area contributed by atoms with E-state index in [4.69, 9.17) is 9.47 Å². The summed E-state index contributed by atoms with van der Waals surface area (Å²) < 4.78 is 24.8. The molecule has 3 nitrogen and oxygen atoms in total. The molecule has 2 rings (SSSR count). The number of benzene rings is 1. The minimum atomic E-state index is -0.322. The van der Waals surface area contributed by atoms with Gasteiger partial charge in [0, 0.05) is 12.0 Å².